The molecule has 1 aromatic carbocycles. The summed E-state index contributed by atoms with van der Waals surface area (Å²) < 4.78 is 6.36. The Hall–Kier alpha value is -1.07. The van der Waals surface area contributed by atoms with Crippen LogP contribution in [0.2, 0.25) is 0 Å². The lowest BCUT2D eigenvalue weighted by molar-refractivity contribution is 0.0169. The van der Waals surface area contributed by atoms with Crippen LogP contribution in [0.4, 0.5) is 5.69 Å². The van der Waals surface area contributed by atoms with E-state index in [9.17, 15) is 4.79 Å². The van der Waals surface area contributed by atoms with Crippen molar-refractivity contribution >= 4 is 27.5 Å². The van der Waals surface area contributed by atoms with Gasteiger partial charge in [0.2, 0.25) is 0 Å². The molecule has 5 heteroatoms. The third-order valence-corrected chi connectivity index (χ3v) is 3.74. The summed E-state index contributed by atoms with van der Waals surface area (Å²) in [6.45, 7) is 1.36. The van der Waals surface area contributed by atoms with Crippen LogP contribution in [0.5, 0.6) is 0 Å². The van der Waals surface area contributed by atoms with Gasteiger partial charge in [0.05, 0.1) is 6.10 Å². The molecule has 1 amide bonds. The first-order valence-corrected chi connectivity index (χ1v) is 6.91. The topological polar surface area (TPSA) is 64.4 Å². The van der Waals surface area contributed by atoms with Crippen LogP contribution in [0.3, 0.4) is 0 Å². The van der Waals surface area contributed by atoms with Gasteiger partial charge in [0.25, 0.3) is 5.91 Å². The minimum atomic E-state index is -0.108. The Morgan fingerprint density at radius 1 is 1.50 bits per heavy atom. The van der Waals surface area contributed by atoms with Crippen LogP contribution in [0.25, 0.3) is 0 Å². The summed E-state index contributed by atoms with van der Waals surface area (Å²) in [4.78, 5) is 11.9. The van der Waals surface area contributed by atoms with Crippen molar-refractivity contribution in [3.63, 3.8) is 0 Å². The molecule has 1 aliphatic heterocycles. The van der Waals surface area contributed by atoms with Gasteiger partial charge in [-0.05, 0) is 53.4 Å². The number of nitrogens with one attached hydrogen (secondary N) is 1. The molecule has 0 spiro atoms. The van der Waals surface area contributed by atoms with Crippen LogP contribution in [0, 0.1) is 0 Å². The van der Waals surface area contributed by atoms with E-state index in [0.29, 0.717) is 17.8 Å². The van der Waals surface area contributed by atoms with E-state index in [-0.39, 0.29) is 12.0 Å². The lowest BCUT2D eigenvalue weighted by Gasteiger charge is -2.22. The van der Waals surface area contributed by atoms with Crippen molar-refractivity contribution < 1.29 is 9.53 Å². The number of carbonyl (C=O) groups excluding carboxylic acids is 1. The Balaban J connectivity index is 1.88. The molecule has 1 aliphatic rings. The van der Waals surface area contributed by atoms with Crippen molar-refractivity contribution in [1.82, 2.24) is 5.32 Å². The number of nitrogen functional groups attached to an aromatic ring is 1. The molecule has 1 aromatic rings. The molecular formula is C13H17BrN2O2. The largest absolute Gasteiger partial charge is 0.398 e. The van der Waals surface area contributed by atoms with E-state index in [2.05, 4.69) is 21.2 Å². The zero-order valence-electron chi connectivity index (χ0n) is 10.1. The lowest BCUT2D eigenvalue weighted by Crippen LogP contribution is -2.35. The second-order valence-corrected chi connectivity index (χ2v) is 5.29. The van der Waals surface area contributed by atoms with Gasteiger partial charge in [-0.15, -0.1) is 0 Å². The number of carbonyl (C=O) groups is 1. The SMILES string of the molecule is Nc1cc(C(=O)NCC2CCCCO2)ccc1Br. The zero-order valence-corrected chi connectivity index (χ0v) is 11.7. The molecule has 1 unspecified atom stereocenters. The van der Waals surface area contributed by atoms with E-state index in [4.69, 9.17) is 10.5 Å². The molecule has 98 valence electrons. The summed E-state index contributed by atoms with van der Waals surface area (Å²) in [5.41, 5.74) is 6.89. The average Bonchev–Trinajstić information content (AvgIpc) is 2.40. The number of halogens is 1. The van der Waals surface area contributed by atoms with Crippen molar-refractivity contribution in [2.75, 3.05) is 18.9 Å². The first-order valence-electron chi connectivity index (χ1n) is 6.11. The summed E-state index contributed by atoms with van der Waals surface area (Å²) >= 11 is 3.30. The quantitative estimate of drug-likeness (QED) is 0.842. The first-order chi connectivity index (χ1) is 8.66. The summed E-state index contributed by atoms with van der Waals surface area (Å²) in [6, 6.07) is 5.19. The normalized spacial score (nSPS) is 19.5. The second kappa shape index (κ2) is 6.20. The summed E-state index contributed by atoms with van der Waals surface area (Å²) in [5.74, 6) is -0.108. The maximum atomic E-state index is 11.9. The van der Waals surface area contributed by atoms with E-state index >= 15 is 0 Å². The fourth-order valence-corrected chi connectivity index (χ4v) is 2.21. The Bertz CT molecular complexity index is 431. The fourth-order valence-electron chi connectivity index (χ4n) is 1.96. The lowest BCUT2D eigenvalue weighted by atomic mass is 10.1. The number of benzene rings is 1. The molecule has 18 heavy (non-hydrogen) atoms. The number of hydrogen-bond donors (Lipinski definition) is 2. The number of ether oxygens (including phenoxy) is 1. The molecule has 2 rings (SSSR count). The van der Waals surface area contributed by atoms with Crippen LogP contribution in [-0.2, 0) is 4.74 Å². The highest BCUT2D eigenvalue weighted by Crippen LogP contribution is 2.20. The van der Waals surface area contributed by atoms with Crippen molar-refractivity contribution in [2.45, 2.75) is 25.4 Å². The van der Waals surface area contributed by atoms with Gasteiger partial charge in [-0.1, -0.05) is 0 Å². The molecule has 1 fully saturated rings. The molecule has 3 N–H and O–H groups in total. The van der Waals surface area contributed by atoms with Crippen molar-refractivity contribution in [3.8, 4) is 0 Å². The van der Waals surface area contributed by atoms with Gasteiger partial charge in [-0.25, -0.2) is 0 Å². The highest BCUT2D eigenvalue weighted by Gasteiger charge is 2.15. The molecule has 0 bridgehead atoms. The minimum Gasteiger partial charge on any atom is -0.398 e. The number of nitrogens with two attached hydrogens (primary N) is 1. The van der Waals surface area contributed by atoms with Crippen molar-refractivity contribution in [1.29, 1.82) is 0 Å². The first kappa shape index (κ1) is 13.4. The summed E-state index contributed by atoms with van der Waals surface area (Å²) in [7, 11) is 0. The Morgan fingerprint density at radius 3 is 3.00 bits per heavy atom. The molecular weight excluding hydrogens is 296 g/mol. The zero-order chi connectivity index (χ0) is 13.0. The van der Waals surface area contributed by atoms with E-state index in [1.54, 1.807) is 18.2 Å². The number of rotatable bonds is 3. The molecule has 1 atom stereocenters. The van der Waals surface area contributed by atoms with Gasteiger partial charge in [0.1, 0.15) is 0 Å². The molecule has 0 radical (unpaired) electrons. The van der Waals surface area contributed by atoms with E-state index in [0.717, 1.165) is 23.9 Å². The fraction of sp³-hybridized carbons (Fsp3) is 0.462. The van der Waals surface area contributed by atoms with Crippen LogP contribution < -0.4 is 11.1 Å². The molecule has 0 saturated carbocycles. The number of amides is 1. The van der Waals surface area contributed by atoms with Gasteiger partial charge < -0.3 is 15.8 Å². The highest BCUT2D eigenvalue weighted by molar-refractivity contribution is 9.10. The van der Waals surface area contributed by atoms with Crippen molar-refractivity contribution in [3.05, 3.63) is 28.2 Å². The molecule has 0 aromatic heterocycles. The van der Waals surface area contributed by atoms with Gasteiger partial charge >= 0.3 is 0 Å². The maximum absolute atomic E-state index is 11.9. The average molecular weight is 313 g/mol. The molecule has 1 saturated heterocycles. The number of anilines is 1. The van der Waals surface area contributed by atoms with Crippen molar-refractivity contribution in [2.24, 2.45) is 0 Å². The minimum absolute atomic E-state index is 0.108. The third-order valence-electron chi connectivity index (χ3n) is 3.02. The van der Waals surface area contributed by atoms with Crippen LogP contribution >= 0.6 is 15.9 Å². The molecule has 1 heterocycles. The Labute approximate surface area is 115 Å². The maximum Gasteiger partial charge on any atom is 0.251 e. The molecule has 4 nitrogen and oxygen atoms in total. The Morgan fingerprint density at radius 2 is 2.33 bits per heavy atom. The monoisotopic (exact) mass is 312 g/mol. The third kappa shape index (κ3) is 3.46. The smallest absolute Gasteiger partial charge is 0.251 e. The van der Waals surface area contributed by atoms with Gasteiger partial charge in [-0.2, -0.15) is 0 Å². The summed E-state index contributed by atoms with van der Waals surface area (Å²) in [6.07, 6.45) is 3.46. The summed E-state index contributed by atoms with van der Waals surface area (Å²) in [5, 5.41) is 2.88. The van der Waals surface area contributed by atoms with E-state index in [1.165, 1.54) is 6.42 Å². The standard InChI is InChI=1S/C13H17BrN2O2/c14-11-5-4-9(7-12(11)15)13(17)16-8-10-3-1-2-6-18-10/h4-5,7,10H,1-3,6,8,15H2,(H,16,17). The molecule has 0 aliphatic carbocycles. The number of hydrogen-bond acceptors (Lipinski definition) is 3. The van der Waals surface area contributed by atoms with Crippen LogP contribution in [0.1, 0.15) is 29.6 Å². The highest BCUT2D eigenvalue weighted by atomic mass is 79.9. The van der Waals surface area contributed by atoms with Crippen LogP contribution in [0.15, 0.2) is 22.7 Å². The predicted octanol–water partition coefficient (Wildman–Crippen LogP) is 2.33. The van der Waals surface area contributed by atoms with Gasteiger partial charge in [-0.3, -0.25) is 4.79 Å². The predicted molar refractivity (Wildman–Crippen MR) is 74.5 cm³/mol. The van der Waals surface area contributed by atoms with E-state index < -0.39 is 0 Å². The second-order valence-electron chi connectivity index (χ2n) is 4.43. The van der Waals surface area contributed by atoms with Gasteiger partial charge in [0, 0.05) is 28.9 Å². The van der Waals surface area contributed by atoms with Gasteiger partial charge in [0.15, 0.2) is 0 Å². The van der Waals surface area contributed by atoms with E-state index in [1.807, 2.05) is 0 Å². The van der Waals surface area contributed by atoms with Crippen LogP contribution in [-0.4, -0.2) is 25.2 Å². The Kier molecular flexibility index (Phi) is 4.60.